The first kappa shape index (κ1) is 18.2. The number of aliphatic imine (C=N–C) groups is 1. The molecule has 0 saturated heterocycles. The van der Waals surface area contributed by atoms with E-state index in [1.54, 1.807) is 0 Å². The van der Waals surface area contributed by atoms with Gasteiger partial charge in [0.05, 0.1) is 6.61 Å². The van der Waals surface area contributed by atoms with Gasteiger partial charge in [0.25, 0.3) is 0 Å². The normalized spacial score (nSPS) is 14.4. The van der Waals surface area contributed by atoms with Crippen molar-refractivity contribution in [1.29, 1.82) is 0 Å². The zero-order valence-electron chi connectivity index (χ0n) is 12.7. The lowest BCUT2D eigenvalue weighted by molar-refractivity contribution is 0.135. The number of rotatable bonds is 8. The average Bonchev–Trinajstić information content (AvgIpc) is 3.30. The van der Waals surface area contributed by atoms with E-state index >= 15 is 0 Å². The lowest BCUT2D eigenvalue weighted by Gasteiger charge is -2.11. The molecule has 1 fully saturated rings. The highest BCUT2D eigenvalue weighted by Gasteiger charge is 2.21. The Bertz CT molecular complexity index is 407. The highest BCUT2D eigenvalue weighted by atomic mass is 127. The topological polar surface area (TPSA) is 45.7 Å². The molecule has 0 atom stereocenters. The van der Waals surface area contributed by atoms with Gasteiger partial charge in [0, 0.05) is 26.2 Å². The summed E-state index contributed by atoms with van der Waals surface area (Å²) in [5, 5.41) is 6.67. The van der Waals surface area contributed by atoms with E-state index in [4.69, 9.17) is 4.74 Å². The van der Waals surface area contributed by atoms with E-state index in [-0.39, 0.29) is 24.0 Å². The van der Waals surface area contributed by atoms with Crippen LogP contribution in [0.3, 0.4) is 0 Å². The second-order valence-corrected chi connectivity index (χ2v) is 5.12. The van der Waals surface area contributed by atoms with E-state index in [9.17, 15) is 0 Å². The summed E-state index contributed by atoms with van der Waals surface area (Å²) in [7, 11) is 1.81. The van der Waals surface area contributed by atoms with Crippen molar-refractivity contribution in [3.63, 3.8) is 0 Å². The Labute approximate surface area is 144 Å². The summed E-state index contributed by atoms with van der Waals surface area (Å²) < 4.78 is 5.65. The van der Waals surface area contributed by atoms with Crippen molar-refractivity contribution in [2.75, 3.05) is 26.8 Å². The van der Waals surface area contributed by atoms with E-state index in [0.29, 0.717) is 6.04 Å². The fraction of sp³-hybridized carbons (Fsp3) is 0.562. The molecule has 0 radical (unpaired) electrons. The summed E-state index contributed by atoms with van der Waals surface area (Å²) in [6, 6.07) is 11.1. The van der Waals surface area contributed by atoms with Crippen molar-refractivity contribution >= 4 is 29.9 Å². The summed E-state index contributed by atoms with van der Waals surface area (Å²) in [6.07, 6.45) is 4.52. The van der Waals surface area contributed by atoms with Crippen LogP contribution in [0.25, 0.3) is 0 Å². The predicted octanol–water partition coefficient (Wildman–Crippen LogP) is 2.58. The van der Waals surface area contributed by atoms with E-state index in [1.165, 1.54) is 18.4 Å². The van der Waals surface area contributed by atoms with Gasteiger partial charge in [-0.25, -0.2) is 0 Å². The molecule has 2 rings (SSSR count). The smallest absolute Gasteiger partial charge is 0.191 e. The van der Waals surface area contributed by atoms with Gasteiger partial charge in [0.1, 0.15) is 0 Å². The van der Waals surface area contributed by atoms with Crippen LogP contribution >= 0.6 is 24.0 Å². The van der Waals surface area contributed by atoms with Gasteiger partial charge in [-0.2, -0.15) is 0 Å². The van der Waals surface area contributed by atoms with Crippen molar-refractivity contribution < 1.29 is 4.74 Å². The zero-order valence-corrected chi connectivity index (χ0v) is 15.0. The Morgan fingerprint density at radius 3 is 2.67 bits per heavy atom. The Kier molecular flexibility index (Phi) is 9.41. The molecular formula is C16H26IN3O. The van der Waals surface area contributed by atoms with Crippen LogP contribution in [-0.4, -0.2) is 38.8 Å². The highest BCUT2D eigenvalue weighted by Crippen LogP contribution is 2.18. The summed E-state index contributed by atoms with van der Waals surface area (Å²) in [5.74, 6) is 0.914. The van der Waals surface area contributed by atoms with Crippen molar-refractivity contribution in [2.45, 2.75) is 31.7 Å². The molecule has 2 N–H and O–H groups in total. The first-order valence-corrected chi connectivity index (χ1v) is 7.47. The fourth-order valence-electron chi connectivity index (χ4n) is 1.93. The van der Waals surface area contributed by atoms with Gasteiger partial charge in [0.2, 0.25) is 0 Å². The molecule has 0 aliphatic heterocycles. The zero-order chi connectivity index (χ0) is 14.0. The van der Waals surface area contributed by atoms with Crippen molar-refractivity contribution in [3.05, 3.63) is 35.9 Å². The first-order valence-electron chi connectivity index (χ1n) is 7.47. The van der Waals surface area contributed by atoms with E-state index < -0.39 is 0 Å². The maximum Gasteiger partial charge on any atom is 0.191 e. The number of halogens is 1. The van der Waals surface area contributed by atoms with Crippen molar-refractivity contribution in [2.24, 2.45) is 4.99 Å². The molecular weight excluding hydrogens is 377 g/mol. The Morgan fingerprint density at radius 2 is 2.00 bits per heavy atom. The van der Waals surface area contributed by atoms with Gasteiger partial charge in [-0.05, 0) is 31.2 Å². The molecule has 21 heavy (non-hydrogen) atoms. The number of nitrogens with zero attached hydrogens (tertiary/aromatic N) is 1. The lowest BCUT2D eigenvalue weighted by Crippen LogP contribution is -2.39. The standard InChI is InChI=1S/C16H25N3O.HI/c1-17-16(19-15-8-9-15)18-11-5-12-20-13-10-14-6-3-2-4-7-14;/h2-4,6-7,15H,5,8-13H2,1H3,(H2,17,18,19);1H. The third-order valence-corrected chi connectivity index (χ3v) is 3.28. The van der Waals surface area contributed by atoms with E-state index in [2.05, 4.69) is 39.9 Å². The van der Waals surface area contributed by atoms with E-state index in [0.717, 1.165) is 38.6 Å². The van der Waals surface area contributed by atoms with Crippen LogP contribution in [0.1, 0.15) is 24.8 Å². The molecule has 1 aromatic carbocycles. The molecule has 1 aromatic rings. The minimum absolute atomic E-state index is 0. The van der Waals surface area contributed by atoms with Gasteiger partial charge in [-0.1, -0.05) is 30.3 Å². The van der Waals surface area contributed by atoms with Crippen LogP contribution in [0.2, 0.25) is 0 Å². The lowest BCUT2D eigenvalue weighted by atomic mass is 10.2. The monoisotopic (exact) mass is 403 g/mol. The van der Waals surface area contributed by atoms with Gasteiger partial charge < -0.3 is 15.4 Å². The molecule has 0 heterocycles. The molecule has 0 amide bonds. The molecule has 0 unspecified atom stereocenters. The first-order chi connectivity index (χ1) is 9.88. The number of benzene rings is 1. The third kappa shape index (κ3) is 8.26. The van der Waals surface area contributed by atoms with Crippen LogP contribution in [0.15, 0.2) is 35.3 Å². The average molecular weight is 403 g/mol. The molecule has 5 heteroatoms. The molecule has 0 spiro atoms. The largest absolute Gasteiger partial charge is 0.381 e. The van der Waals surface area contributed by atoms with Crippen molar-refractivity contribution in [3.8, 4) is 0 Å². The summed E-state index contributed by atoms with van der Waals surface area (Å²) in [6.45, 7) is 2.48. The maximum absolute atomic E-state index is 5.65. The van der Waals surface area contributed by atoms with Crippen LogP contribution in [0.5, 0.6) is 0 Å². The number of ether oxygens (including phenoxy) is 1. The van der Waals surface area contributed by atoms with Gasteiger partial charge in [0.15, 0.2) is 5.96 Å². The maximum atomic E-state index is 5.65. The SMILES string of the molecule is CN=C(NCCCOCCc1ccccc1)NC1CC1.I. The van der Waals surface area contributed by atoms with Crippen LogP contribution in [0, 0.1) is 0 Å². The quantitative estimate of drug-likeness (QED) is 0.304. The number of nitrogens with one attached hydrogen (secondary N) is 2. The number of hydrogen-bond donors (Lipinski definition) is 2. The molecule has 1 saturated carbocycles. The minimum atomic E-state index is 0. The van der Waals surface area contributed by atoms with E-state index in [1.807, 2.05) is 13.1 Å². The molecule has 118 valence electrons. The Balaban J connectivity index is 0.00000220. The minimum Gasteiger partial charge on any atom is -0.381 e. The molecule has 1 aliphatic rings. The van der Waals surface area contributed by atoms with Crippen LogP contribution < -0.4 is 10.6 Å². The second kappa shape index (κ2) is 10.8. The Hall–Kier alpha value is -0.820. The highest BCUT2D eigenvalue weighted by molar-refractivity contribution is 14.0. The Morgan fingerprint density at radius 1 is 1.24 bits per heavy atom. The summed E-state index contributed by atoms with van der Waals surface area (Å²) in [4.78, 5) is 4.20. The van der Waals surface area contributed by atoms with Crippen molar-refractivity contribution in [1.82, 2.24) is 10.6 Å². The van der Waals surface area contributed by atoms with Gasteiger partial charge in [-0.3, -0.25) is 4.99 Å². The molecule has 1 aliphatic carbocycles. The fourth-order valence-corrected chi connectivity index (χ4v) is 1.93. The summed E-state index contributed by atoms with van der Waals surface area (Å²) >= 11 is 0. The molecule has 0 bridgehead atoms. The number of hydrogen-bond acceptors (Lipinski definition) is 2. The second-order valence-electron chi connectivity index (χ2n) is 5.12. The van der Waals surface area contributed by atoms with Crippen LogP contribution in [-0.2, 0) is 11.2 Å². The summed E-state index contributed by atoms with van der Waals surface area (Å²) in [5.41, 5.74) is 1.33. The molecule has 4 nitrogen and oxygen atoms in total. The van der Waals surface area contributed by atoms with Crippen LogP contribution in [0.4, 0.5) is 0 Å². The van der Waals surface area contributed by atoms with Gasteiger partial charge in [-0.15, -0.1) is 24.0 Å². The number of guanidine groups is 1. The molecule has 0 aromatic heterocycles. The van der Waals surface area contributed by atoms with Gasteiger partial charge >= 0.3 is 0 Å². The third-order valence-electron chi connectivity index (χ3n) is 3.28. The predicted molar refractivity (Wildman–Crippen MR) is 98.5 cm³/mol.